The number of likely N-dealkylation sites (tertiary alicyclic amines) is 1. The third kappa shape index (κ3) is 3.25. The Morgan fingerprint density at radius 3 is 2.76 bits per heavy atom. The lowest BCUT2D eigenvalue weighted by Gasteiger charge is -2.38. The average molecular weight is 358 g/mol. The Kier molecular flexibility index (Phi) is 4.65. The average Bonchev–Trinajstić information content (AvgIpc) is 3.07. The number of aliphatic imine (C=N–C) groups is 1. The number of benzene rings is 1. The summed E-state index contributed by atoms with van der Waals surface area (Å²) in [4.78, 5) is 12.1. The maximum Gasteiger partial charge on any atom is 0.126 e. The van der Waals surface area contributed by atoms with Crippen molar-refractivity contribution < 1.29 is 4.74 Å². The van der Waals surface area contributed by atoms with Crippen LogP contribution in [0.25, 0.3) is 10.2 Å². The van der Waals surface area contributed by atoms with Crippen LogP contribution in [0.2, 0.25) is 0 Å². The van der Waals surface area contributed by atoms with Gasteiger partial charge in [-0.1, -0.05) is 13.0 Å². The van der Waals surface area contributed by atoms with E-state index in [1.807, 2.05) is 7.11 Å². The summed E-state index contributed by atoms with van der Waals surface area (Å²) in [5, 5.41) is 1.13. The minimum absolute atomic E-state index is 0.214. The maximum absolute atomic E-state index is 6.00. The Balaban J connectivity index is 1.66. The molecule has 2 aliphatic rings. The monoisotopic (exact) mass is 357 g/mol. The number of nitrogens with zero attached hydrogens (tertiary/aromatic N) is 3. The zero-order valence-electron chi connectivity index (χ0n) is 15.4. The molecule has 0 saturated carbocycles. The molecule has 0 bridgehead atoms. The zero-order chi connectivity index (χ0) is 17.4. The predicted octanol–water partition coefficient (Wildman–Crippen LogP) is 4.08. The van der Waals surface area contributed by atoms with E-state index in [0.29, 0.717) is 5.92 Å². The van der Waals surface area contributed by atoms with Crippen LogP contribution in [-0.4, -0.2) is 49.4 Å². The second-order valence-electron chi connectivity index (χ2n) is 7.63. The molecule has 2 aromatic rings. The highest BCUT2D eigenvalue weighted by atomic mass is 32.1. The summed E-state index contributed by atoms with van der Waals surface area (Å²) >= 11 is 1.79. The molecule has 1 saturated heterocycles. The lowest BCUT2D eigenvalue weighted by molar-refractivity contribution is -0.0584. The number of piperidine rings is 1. The molecule has 1 aromatic heterocycles. The molecule has 0 N–H and O–H groups in total. The molecule has 3 heterocycles. The minimum atomic E-state index is -0.214. The molecule has 2 aliphatic heterocycles. The number of methoxy groups -OCH3 is 1. The number of thiazole rings is 1. The SMILES string of the molecule is COC1(c2nc3cc(C4=NCC(C)CC4)ccc3s2)CCN(C)CC1. The van der Waals surface area contributed by atoms with Gasteiger partial charge >= 0.3 is 0 Å². The first-order valence-electron chi connectivity index (χ1n) is 9.28. The van der Waals surface area contributed by atoms with Crippen molar-refractivity contribution in [2.45, 2.75) is 38.2 Å². The summed E-state index contributed by atoms with van der Waals surface area (Å²) < 4.78 is 7.25. The number of hydrogen-bond acceptors (Lipinski definition) is 5. The number of rotatable bonds is 3. The lowest BCUT2D eigenvalue weighted by Crippen LogP contribution is -2.42. The number of ether oxygens (including phenoxy) is 1. The number of fused-ring (bicyclic) bond motifs is 1. The maximum atomic E-state index is 6.00. The highest BCUT2D eigenvalue weighted by Gasteiger charge is 2.38. The van der Waals surface area contributed by atoms with E-state index in [-0.39, 0.29) is 5.60 Å². The van der Waals surface area contributed by atoms with Gasteiger partial charge in [-0.15, -0.1) is 11.3 Å². The van der Waals surface area contributed by atoms with Crippen LogP contribution in [0.3, 0.4) is 0 Å². The Labute approximate surface area is 153 Å². The molecule has 0 aliphatic carbocycles. The van der Waals surface area contributed by atoms with E-state index in [2.05, 4.69) is 37.1 Å². The van der Waals surface area contributed by atoms with Crippen molar-refractivity contribution in [1.29, 1.82) is 0 Å². The van der Waals surface area contributed by atoms with Crippen LogP contribution in [0.1, 0.15) is 43.2 Å². The quantitative estimate of drug-likeness (QED) is 0.830. The molecule has 25 heavy (non-hydrogen) atoms. The minimum Gasteiger partial charge on any atom is -0.371 e. The van der Waals surface area contributed by atoms with Gasteiger partial charge in [0.1, 0.15) is 10.6 Å². The molecule has 1 atom stereocenters. The molecular formula is C20H27N3OS. The predicted molar refractivity (Wildman–Crippen MR) is 105 cm³/mol. The first-order chi connectivity index (χ1) is 12.1. The van der Waals surface area contributed by atoms with Gasteiger partial charge in [0.2, 0.25) is 0 Å². The van der Waals surface area contributed by atoms with Crippen LogP contribution in [0.15, 0.2) is 23.2 Å². The molecule has 1 unspecified atom stereocenters. The van der Waals surface area contributed by atoms with E-state index in [4.69, 9.17) is 14.7 Å². The number of aromatic nitrogens is 1. The largest absolute Gasteiger partial charge is 0.371 e. The molecule has 0 amide bonds. The van der Waals surface area contributed by atoms with E-state index in [1.165, 1.54) is 22.4 Å². The van der Waals surface area contributed by atoms with Gasteiger partial charge < -0.3 is 9.64 Å². The van der Waals surface area contributed by atoms with E-state index in [9.17, 15) is 0 Å². The second kappa shape index (κ2) is 6.78. The van der Waals surface area contributed by atoms with Gasteiger partial charge in [0.25, 0.3) is 0 Å². The van der Waals surface area contributed by atoms with Crippen molar-refractivity contribution in [2.75, 3.05) is 33.8 Å². The van der Waals surface area contributed by atoms with Crippen molar-refractivity contribution in [3.8, 4) is 0 Å². The summed E-state index contributed by atoms with van der Waals surface area (Å²) in [7, 11) is 4.01. The van der Waals surface area contributed by atoms with Crippen LogP contribution < -0.4 is 0 Å². The fraction of sp³-hybridized carbons (Fsp3) is 0.600. The molecule has 0 radical (unpaired) electrons. The molecule has 1 fully saturated rings. The smallest absolute Gasteiger partial charge is 0.126 e. The first-order valence-corrected chi connectivity index (χ1v) is 10.1. The molecular weight excluding hydrogens is 330 g/mol. The summed E-state index contributed by atoms with van der Waals surface area (Å²) in [5.41, 5.74) is 3.37. The van der Waals surface area contributed by atoms with Crippen LogP contribution in [0.5, 0.6) is 0 Å². The van der Waals surface area contributed by atoms with Gasteiger partial charge in [-0.2, -0.15) is 0 Å². The van der Waals surface area contributed by atoms with E-state index in [0.717, 1.165) is 49.4 Å². The first kappa shape index (κ1) is 17.1. The van der Waals surface area contributed by atoms with E-state index >= 15 is 0 Å². The molecule has 0 spiro atoms. The topological polar surface area (TPSA) is 37.7 Å². The van der Waals surface area contributed by atoms with E-state index < -0.39 is 0 Å². The molecule has 4 nitrogen and oxygen atoms in total. The summed E-state index contributed by atoms with van der Waals surface area (Å²) in [5.74, 6) is 0.712. The van der Waals surface area contributed by atoms with Gasteiger partial charge in [0, 0.05) is 32.5 Å². The van der Waals surface area contributed by atoms with Crippen molar-refractivity contribution in [2.24, 2.45) is 10.9 Å². The van der Waals surface area contributed by atoms with Gasteiger partial charge in [-0.25, -0.2) is 4.98 Å². The van der Waals surface area contributed by atoms with Gasteiger partial charge in [0.05, 0.1) is 10.2 Å². The Morgan fingerprint density at radius 1 is 1.28 bits per heavy atom. The number of hydrogen-bond donors (Lipinski definition) is 0. The lowest BCUT2D eigenvalue weighted by atomic mass is 9.92. The Bertz CT molecular complexity index is 789. The normalized spacial score (nSPS) is 24.4. The fourth-order valence-electron chi connectivity index (χ4n) is 3.84. The van der Waals surface area contributed by atoms with Crippen molar-refractivity contribution in [1.82, 2.24) is 9.88 Å². The second-order valence-corrected chi connectivity index (χ2v) is 8.67. The van der Waals surface area contributed by atoms with Crippen molar-refractivity contribution in [3.63, 3.8) is 0 Å². The van der Waals surface area contributed by atoms with Crippen molar-refractivity contribution in [3.05, 3.63) is 28.8 Å². The standard InChI is InChI=1S/C20H27N3OS/c1-14-4-6-16(21-13-14)15-5-7-18-17(12-15)22-19(25-18)20(24-3)8-10-23(2)11-9-20/h5,7,12,14H,4,6,8-11,13H2,1-3H3. The molecule has 5 heteroatoms. The zero-order valence-corrected chi connectivity index (χ0v) is 16.2. The molecule has 4 rings (SSSR count). The van der Waals surface area contributed by atoms with Crippen LogP contribution in [0.4, 0.5) is 0 Å². The van der Waals surface area contributed by atoms with E-state index in [1.54, 1.807) is 11.3 Å². The van der Waals surface area contributed by atoms with Gasteiger partial charge in [0.15, 0.2) is 0 Å². The highest BCUT2D eigenvalue weighted by molar-refractivity contribution is 7.18. The molecule has 134 valence electrons. The third-order valence-electron chi connectivity index (χ3n) is 5.76. The summed E-state index contributed by atoms with van der Waals surface area (Å²) in [6.45, 7) is 5.35. The Hall–Kier alpha value is -1.30. The van der Waals surface area contributed by atoms with Crippen LogP contribution in [-0.2, 0) is 10.3 Å². The van der Waals surface area contributed by atoms with Crippen LogP contribution >= 0.6 is 11.3 Å². The van der Waals surface area contributed by atoms with Crippen molar-refractivity contribution >= 4 is 27.3 Å². The summed E-state index contributed by atoms with van der Waals surface area (Å²) in [6, 6.07) is 6.65. The fourth-order valence-corrected chi connectivity index (χ4v) is 5.01. The highest BCUT2D eigenvalue weighted by Crippen LogP contribution is 2.40. The Morgan fingerprint density at radius 2 is 2.08 bits per heavy atom. The van der Waals surface area contributed by atoms with Crippen LogP contribution in [0, 0.1) is 5.92 Å². The summed E-state index contributed by atoms with van der Waals surface area (Å²) in [6.07, 6.45) is 4.34. The molecule has 1 aromatic carbocycles. The third-order valence-corrected chi connectivity index (χ3v) is 6.99. The van der Waals surface area contributed by atoms with Gasteiger partial charge in [-0.05, 0) is 56.3 Å². The van der Waals surface area contributed by atoms with Gasteiger partial charge in [-0.3, -0.25) is 4.99 Å².